The first kappa shape index (κ1) is 25.9. The Balaban J connectivity index is 2.30. The summed E-state index contributed by atoms with van der Waals surface area (Å²) in [5.74, 6) is 0.543. The molecule has 6 nitrogen and oxygen atoms in total. The number of hydrogen-bond donors (Lipinski definition) is 1. The van der Waals surface area contributed by atoms with Gasteiger partial charge >= 0.3 is 0 Å². The largest absolute Gasteiger partial charge is 0.491 e. The molecule has 0 bridgehead atoms. The Kier molecular flexibility index (Phi) is 14.0. The third-order valence-corrected chi connectivity index (χ3v) is 5.36. The molecule has 1 atom stereocenters. The van der Waals surface area contributed by atoms with Crippen LogP contribution in [0.25, 0.3) is 0 Å². The second kappa shape index (κ2) is 15.7. The molecular weight excluding hydrogens is 392 g/mol. The zero-order valence-electron chi connectivity index (χ0n) is 18.0. The normalized spacial score (nSPS) is 12.8. The van der Waals surface area contributed by atoms with E-state index >= 15 is 0 Å². The number of rotatable bonds is 18. The molecule has 0 aliphatic heterocycles. The van der Waals surface area contributed by atoms with Gasteiger partial charge in [-0.1, -0.05) is 56.7 Å². The average molecular weight is 431 g/mol. The molecular formula is C22H38O6S. The van der Waals surface area contributed by atoms with Crippen molar-refractivity contribution in [3.8, 4) is 5.75 Å². The van der Waals surface area contributed by atoms with Gasteiger partial charge in [-0.2, -0.15) is 8.42 Å². The first-order valence-corrected chi connectivity index (χ1v) is 12.4. The molecule has 7 heteroatoms. The summed E-state index contributed by atoms with van der Waals surface area (Å²) in [5, 5.41) is 0. The summed E-state index contributed by atoms with van der Waals surface area (Å²) in [6.45, 7) is 6.16. The standard InChI is InChI=1S/C22H38O6S/c1-3-4-5-6-7-8-15-26-18-22(27-16-9-10-17-29(23,24)25)19-28-21-13-11-20(2)12-14-21/h11-14,22H,3-10,15-19H2,1-2H3,(H,23,24,25). The van der Waals surface area contributed by atoms with Crippen molar-refractivity contribution in [2.24, 2.45) is 0 Å². The third-order valence-electron chi connectivity index (χ3n) is 4.55. The highest BCUT2D eigenvalue weighted by Crippen LogP contribution is 2.13. The Labute approximate surface area is 176 Å². The van der Waals surface area contributed by atoms with Crippen molar-refractivity contribution in [2.45, 2.75) is 71.3 Å². The number of unbranched alkanes of at least 4 members (excludes halogenated alkanes) is 6. The van der Waals surface area contributed by atoms with E-state index < -0.39 is 10.1 Å². The molecule has 0 saturated carbocycles. The second-order valence-corrected chi connectivity index (χ2v) is 9.02. The average Bonchev–Trinajstić information content (AvgIpc) is 2.67. The van der Waals surface area contributed by atoms with Gasteiger partial charge in [0.1, 0.15) is 18.5 Å². The lowest BCUT2D eigenvalue weighted by Gasteiger charge is -2.19. The van der Waals surface area contributed by atoms with Crippen LogP contribution in [-0.4, -0.2) is 51.3 Å². The topological polar surface area (TPSA) is 82.1 Å². The molecule has 0 amide bonds. The van der Waals surface area contributed by atoms with Gasteiger partial charge in [0.15, 0.2) is 0 Å². The summed E-state index contributed by atoms with van der Waals surface area (Å²) >= 11 is 0. The van der Waals surface area contributed by atoms with E-state index in [0.29, 0.717) is 39.3 Å². The molecule has 0 spiro atoms. The minimum Gasteiger partial charge on any atom is -0.491 e. The molecule has 1 aromatic carbocycles. The van der Waals surface area contributed by atoms with Crippen LogP contribution in [0, 0.1) is 6.92 Å². The lowest BCUT2D eigenvalue weighted by Crippen LogP contribution is -2.28. The van der Waals surface area contributed by atoms with E-state index in [1.807, 2.05) is 31.2 Å². The van der Waals surface area contributed by atoms with Gasteiger partial charge in [0.05, 0.1) is 12.4 Å². The first-order chi connectivity index (χ1) is 13.9. The van der Waals surface area contributed by atoms with Gasteiger partial charge in [-0.15, -0.1) is 0 Å². The Morgan fingerprint density at radius 2 is 1.55 bits per heavy atom. The van der Waals surface area contributed by atoms with Crippen LogP contribution in [0.4, 0.5) is 0 Å². The smallest absolute Gasteiger partial charge is 0.264 e. The highest BCUT2D eigenvalue weighted by Gasteiger charge is 2.12. The van der Waals surface area contributed by atoms with E-state index in [1.165, 1.54) is 37.7 Å². The third kappa shape index (κ3) is 15.4. The molecule has 1 rings (SSSR count). The molecule has 1 aromatic rings. The van der Waals surface area contributed by atoms with Crippen molar-refractivity contribution < 1.29 is 27.2 Å². The van der Waals surface area contributed by atoms with E-state index in [2.05, 4.69) is 6.92 Å². The zero-order chi connectivity index (χ0) is 21.4. The van der Waals surface area contributed by atoms with Crippen molar-refractivity contribution in [3.05, 3.63) is 29.8 Å². The molecule has 1 unspecified atom stereocenters. The summed E-state index contributed by atoms with van der Waals surface area (Å²) in [7, 11) is -3.91. The fraction of sp³-hybridized carbons (Fsp3) is 0.727. The van der Waals surface area contributed by atoms with Gasteiger partial charge in [-0.25, -0.2) is 0 Å². The van der Waals surface area contributed by atoms with Crippen LogP contribution in [0.3, 0.4) is 0 Å². The summed E-state index contributed by atoms with van der Waals surface area (Å²) in [4.78, 5) is 0. The second-order valence-electron chi connectivity index (χ2n) is 7.45. The van der Waals surface area contributed by atoms with Crippen LogP contribution >= 0.6 is 0 Å². The zero-order valence-corrected chi connectivity index (χ0v) is 18.8. The fourth-order valence-electron chi connectivity index (χ4n) is 2.80. The molecule has 0 aliphatic carbocycles. The summed E-state index contributed by atoms with van der Waals surface area (Å²) in [5.41, 5.74) is 1.17. The Hall–Kier alpha value is -1.15. The fourth-order valence-corrected chi connectivity index (χ4v) is 3.37. The van der Waals surface area contributed by atoms with Crippen LogP contribution in [0.5, 0.6) is 5.75 Å². The lowest BCUT2D eigenvalue weighted by molar-refractivity contribution is -0.0385. The quantitative estimate of drug-likeness (QED) is 0.266. The lowest BCUT2D eigenvalue weighted by atomic mass is 10.1. The molecule has 0 radical (unpaired) electrons. The molecule has 0 saturated heterocycles. The Morgan fingerprint density at radius 3 is 2.24 bits per heavy atom. The molecule has 0 aliphatic rings. The number of benzene rings is 1. The molecule has 0 fully saturated rings. The SMILES string of the molecule is CCCCCCCCOCC(COc1ccc(C)cc1)OCCCCS(=O)(=O)O. The van der Waals surface area contributed by atoms with Gasteiger partial charge in [0.2, 0.25) is 0 Å². The molecule has 0 aromatic heterocycles. The summed E-state index contributed by atoms with van der Waals surface area (Å²) in [6, 6.07) is 7.84. The number of aryl methyl sites for hydroxylation is 1. The van der Waals surface area contributed by atoms with Crippen molar-refractivity contribution in [1.82, 2.24) is 0 Å². The Bertz CT molecular complexity index is 615. The van der Waals surface area contributed by atoms with Gasteiger partial charge < -0.3 is 14.2 Å². The van der Waals surface area contributed by atoms with Crippen molar-refractivity contribution in [3.63, 3.8) is 0 Å². The van der Waals surface area contributed by atoms with Gasteiger partial charge in [0.25, 0.3) is 10.1 Å². The van der Waals surface area contributed by atoms with Crippen molar-refractivity contribution in [1.29, 1.82) is 0 Å². The maximum atomic E-state index is 10.8. The van der Waals surface area contributed by atoms with E-state index in [0.717, 1.165) is 12.2 Å². The first-order valence-electron chi connectivity index (χ1n) is 10.7. The molecule has 0 heterocycles. The van der Waals surface area contributed by atoms with Crippen molar-refractivity contribution in [2.75, 3.05) is 32.2 Å². The highest BCUT2D eigenvalue weighted by molar-refractivity contribution is 7.85. The van der Waals surface area contributed by atoms with Gasteiger partial charge in [0, 0.05) is 13.2 Å². The number of ether oxygens (including phenoxy) is 3. The monoisotopic (exact) mass is 430 g/mol. The maximum Gasteiger partial charge on any atom is 0.264 e. The van der Waals surface area contributed by atoms with E-state index in [-0.39, 0.29) is 11.9 Å². The van der Waals surface area contributed by atoms with Gasteiger partial charge in [-0.05, 0) is 38.3 Å². The minimum absolute atomic E-state index is 0.220. The van der Waals surface area contributed by atoms with Gasteiger partial charge in [-0.3, -0.25) is 4.55 Å². The predicted molar refractivity (Wildman–Crippen MR) is 116 cm³/mol. The summed E-state index contributed by atoms with van der Waals surface area (Å²) in [6.07, 6.45) is 8.01. The Morgan fingerprint density at radius 1 is 0.897 bits per heavy atom. The highest BCUT2D eigenvalue weighted by atomic mass is 32.2. The molecule has 29 heavy (non-hydrogen) atoms. The number of hydrogen-bond acceptors (Lipinski definition) is 5. The maximum absolute atomic E-state index is 10.8. The molecule has 168 valence electrons. The minimum atomic E-state index is -3.91. The van der Waals surface area contributed by atoms with E-state index in [1.54, 1.807) is 0 Å². The van der Waals surface area contributed by atoms with Crippen LogP contribution in [0.15, 0.2) is 24.3 Å². The molecule has 1 N–H and O–H groups in total. The van der Waals surface area contributed by atoms with Crippen LogP contribution in [0.1, 0.15) is 63.9 Å². The predicted octanol–water partition coefficient (Wildman–Crippen LogP) is 4.80. The van der Waals surface area contributed by atoms with E-state index in [9.17, 15) is 8.42 Å². The summed E-state index contributed by atoms with van der Waals surface area (Å²) < 4.78 is 47.8. The van der Waals surface area contributed by atoms with Crippen LogP contribution in [-0.2, 0) is 19.6 Å². The van der Waals surface area contributed by atoms with E-state index in [4.69, 9.17) is 18.8 Å². The van der Waals surface area contributed by atoms with Crippen LogP contribution in [0.2, 0.25) is 0 Å². The van der Waals surface area contributed by atoms with Crippen LogP contribution < -0.4 is 4.74 Å². The van der Waals surface area contributed by atoms with Crippen molar-refractivity contribution >= 4 is 10.1 Å².